The second-order valence-corrected chi connectivity index (χ2v) is 6.06. The number of ether oxygens (including phenoxy) is 1. The van der Waals surface area contributed by atoms with Gasteiger partial charge in [-0.3, -0.25) is 0 Å². The molecule has 0 aromatic heterocycles. The summed E-state index contributed by atoms with van der Waals surface area (Å²) < 4.78 is 6.03. The van der Waals surface area contributed by atoms with E-state index in [1.165, 1.54) is 44.9 Å². The number of nitrogens with one attached hydrogen (secondary N) is 1. The molecule has 16 heavy (non-hydrogen) atoms. The van der Waals surface area contributed by atoms with Crippen LogP contribution in [0.5, 0.6) is 0 Å². The zero-order valence-corrected chi connectivity index (χ0v) is 10.5. The molecule has 3 fully saturated rings. The minimum absolute atomic E-state index is 0.325. The minimum atomic E-state index is 0.325. The summed E-state index contributed by atoms with van der Waals surface area (Å²) in [5, 5.41) is 3.74. The van der Waals surface area contributed by atoms with E-state index in [4.69, 9.17) is 4.74 Å². The molecular formula is C14H25NO. The lowest BCUT2D eigenvalue weighted by Gasteiger charge is -2.49. The van der Waals surface area contributed by atoms with Crippen molar-refractivity contribution in [3.8, 4) is 0 Å². The van der Waals surface area contributed by atoms with Crippen molar-refractivity contribution >= 4 is 0 Å². The quantitative estimate of drug-likeness (QED) is 0.791. The SMILES string of the molecule is CCNC(C1CC1)C1CCOC2(CCC2)C1. The van der Waals surface area contributed by atoms with Crippen LogP contribution in [-0.2, 0) is 4.74 Å². The summed E-state index contributed by atoms with van der Waals surface area (Å²) in [5.74, 6) is 1.88. The van der Waals surface area contributed by atoms with E-state index in [0.717, 1.165) is 31.0 Å². The Morgan fingerprint density at radius 1 is 1.25 bits per heavy atom. The second-order valence-electron chi connectivity index (χ2n) is 6.06. The van der Waals surface area contributed by atoms with E-state index in [9.17, 15) is 0 Å². The molecule has 1 saturated heterocycles. The van der Waals surface area contributed by atoms with E-state index in [-0.39, 0.29) is 0 Å². The average Bonchev–Trinajstić information content (AvgIpc) is 3.08. The summed E-state index contributed by atoms with van der Waals surface area (Å²) >= 11 is 0. The van der Waals surface area contributed by atoms with Crippen LogP contribution in [0.25, 0.3) is 0 Å². The van der Waals surface area contributed by atoms with Gasteiger partial charge in [0, 0.05) is 12.6 Å². The fourth-order valence-corrected chi connectivity index (χ4v) is 3.70. The Morgan fingerprint density at radius 3 is 2.62 bits per heavy atom. The zero-order valence-electron chi connectivity index (χ0n) is 10.5. The Balaban J connectivity index is 1.63. The van der Waals surface area contributed by atoms with Gasteiger partial charge in [-0.05, 0) is 63.3 Å². The van der Waals surface area contributed by atoms with Gasteiger partial charge >= 0.3 is 0 Å². The first kappa shape index (κ1) is 11.0. The van der Waals surface area contributed by atoms with Gasteiger partial charge in [-0.15, -0.1) is 0 Å². The number of hydrogen-bond acceptors (Lipinski definition) is 2. The molecule has 2 saturated carbocycles. The Bertz CT molecular complexity index is 245. The van der Waals surface area contributed by atoms with Crippen molar-refractivity contribution in [1.29, 1.82) is 0 Å². The third kappa shape index (κ3) is 2.02. The molecule has 2 atom stereocenters. The summed E-state index contributed by atoms with van der Waals surface area (Å²) in [6.45, 7) is 4.39. The van der Waals surface area contributed by atoms with Crippen molar-refractivity contribution in [1.82, 2.24) is 5.32 Å². The maximum Gasteiger partial charge on any atom is 0.0685 e. The maximum absolute atomic E-state index is 6.03. The van der Waals surface area contributed by atoms with Gasteiger partial charge in [0.2, 0.25) is 0 Å². The van der Waals surface area contributed by atoms with E-state index < -0.39 is 0 Å². The highest BCUT2D eigenvalue weighted by atomic mass is 16.5. The van der Waals surface area contributed by atoms with Crippen LogP contribution in [0.3, 0.4) is 0 Å². The standard InChI is InChI=1S/C14H25NO/c1-2-15-13(11-4-5-11)12-6-9-16-14(10-12)7-3-8-14/h11-13,15H,2-10H2,1H3. The Kier molecular flexibility index (Phi) is 2.97. The van der Waals surface area contributed by atoms with Crippen LogP contribution in [0, 0.1) is 11.8 Å². The van der Waals surface area contributed by atoms with Crippen LogP contribution in [0.15, 0.2) is 0 Å². The van der Waals surface area contributed by atoms with E-state index in [0.29, 0.717) is 5.60 Å². The molecule has 3 aliphatic rings. The first-order valence-electron chi connectivity index (χ1n) is 7.20. The topological polar surface area (TPSA) is 21.3 Å². The Hall–Kier alpha value is -0.0800. The number of hydrogen-bond donors (Lipinski definition) is 1. The Labute approximate surface area is 99.1 Å². The predicted molar refractivity (Wildman–Crippen MR) is 65.4 cm³/mol. The first-order valence-corrected chi connectivity index (χ1v) is 7.20. The molecule has 2 heteroatoms. The smallest absolute Gasteiger partial charge is 0.0685 e. The molecule has 2 unspecified atom stereocenters. The molecule has 0 bridgehead atoms. The summed E-state index contributed by atoms with van der Waals surface area (Å²) in [6, 6.07) is 0.798. The fraction of sp³-hybridized carbons (Fsp3) is 1.00. The molecule has 0 aromatic carbocycles. The first-order chi connectivity index (χ1) is 7.83. The lowest BCUT2D eigenvalue weighted by atomic mass is 9.70. The van der Waals surface area contributed by atoms with Gasteiger partial charge in [-0.2, -0.15) is 0 Å². The molecule has 1 heterocycles. The van der Waals surface area contributed by atoms with Gasteiger partial charge in [0.1, 0.15) is 0 Å². The van der Waals surface area contributed by atoms with Gasteiger partial charge in [0.25, 0.3) is 0 Å². The predicted octanol–water partition coefficient (Wildman–Crippen LogP) is 2.72. The summed E-state index contributed by atoms with van der Waals surface area (Å²) in [4.78, 5) is 0. The van der Waals surface area contributed by atoms with E-state index in [1.54, 1.807) is 0 Å². The third-order valence-electron chi connectivity index (χ3n) is 4.87. The summed E-state index contributed by atoms with van der Waals surface area (Å²) in [5.41, 5.74) is 0.325. The van der Waals surface area contributed by atoms with E-state index >= 15 is 0 Å². The van der Waals surface area contributed by atoms with Crippen LogP contribution < -0.4 is 5.32 Å². The molecule has 1 aliphatic heterocycles. The molecule has 1 N–H and O–H groups in total. The Morgan fingerprint density at radius 2 is 2.06 bits per heavy atom. The van der Waals surface area contributed by atoms with Crippen molar-refractivity contribution < 1.29 is 4.74 Å². The molecule has 3 rings (SSSR count). The van der Waals surface area contributed by atoms with Crippen LogP contribution in [0.4, 0.5) is 0 Å². The third-order valence-corrected chi connectivity index (χ3v) is 4.87. The van der Waals surface area contributed by atoms with Gasteiger partial charge in [-0.25, -0.2) is 0 Å². The van der Waals surface area contributed by atoms with Crippen LogP contribution in [0.2, 0.25) is 0 Å². The lowest BCUT2D eigenvalue weighted by Crippen LogP contribution is -2.50. The molecular weight excluding hydrogens is 198 g/mol. The van der Waals surface area contributed by atoms with Gasteiger partial charge in [0.05, 0.1) is 5.60 Å². The molecule has 0 amide bonds. The normalized spacial score (nSPS) is 34.7. The molecule has 1 spiro atoms. The van der Waals surface area contributed by atoms with Crippen LogP contribution >= 0.6 is 0 Å². The highest BCUT2D eigenvalue weighted by molar-refractivity contribution is 4.99. The number of rotatable bonds is 4. The molecule has 2 nitrogen and oxygen atoms in total. The van der Waals surface area contributed by atoms with Crippen molar-refractivity contribution in [3.63, 3.8) is 0 Å². The molecule has 0 aromatic rings. The van der Waals surface area contributed by atoms with Crippen molar-refractivity contribution in [2.24, 2.45) is 11.8 Å². The largest absolute Gasteiger partial charge is 0.375 e. The molecule has 0 radical (unpaired) electrons. The second kappa shape index (κ2) is 4.30. The van der Waals surface area contributed by atoms with Gasteiger partial charge in [0.15, 0.2) is 0 Å². The van der Waals surface area contributed by atoms with Crippen LogP contribution in [-0.4, -0.2) is 24.8 Å². The van der Waals surface area contributed by atoms with E-state index in [1.807, 2.05) is 0 Å². The molecule has 92 valence electrons. The van der Waals surface area contributed by atoms with E-state index in [2.05, 4.69) is 12.2 Å². The highest BCUT2D eigenvalue weighted by Gasteiger charge is 2.46. The molecule has 2 aliphatic carbocycles. The highest BCUT2D eigenvalue weighted by Crippen LogP contribution is 2.47. The van der Waals surface area contributed by atoms with Gasteiger partial charge < -0.3 is 10.1 Å². The zero-order chi connectivity index (χ0) is 11.0. The van der Waals surface area contributed by atoms with Crippen molar-refractivity contribution in [2.45, 2.75) is 63.5 Å². The summed E-state index contributed by atoms with van der Waals surface area (Å²) in [6.07, 6.45) is 9.59. The van der Waals surface area contributed by atoms with Gasteiger partial charge in [-0.1, -0.05) is 6.92 Å². The summed E-state index contributed by atoms with van der Waals surface area (Å²) in [7, 11) is 0. The maximum atomic E-state index is 6.03. The monoisotopic (exact) mass is 223 g/mol. The average molecular weight is 223 g/mol. The minimum Gasteiger partial charge on any atom is -0.375 e. The fourth-order valence-electron chi connectivity index (χ4n) is 3.70. The lowest BCUT2D eigenvalue weighted by molar-refractivity contribution is -0.147. The van der Waals surface area contributed by atoms with Crippen molar-refractivity contribution in [3.05, 3.63) is 0 Å². The van der Waals surface area contributed by atoms with Crippen molar-refractivity contribution in [2.75, 3.05) is 13.2 Å². The van der Waals surface area contributed by atoms with Crippen LogP contribution in [0.1, 0.15) is 51.9 Å².